The van der Waals surface area contributed by atoms with Crippen molar-refractivity contribution < 1.29 is 9.90 Å². The Balaban J connectivity index is 1.89. The van der Waals surface area contributed by atoms with Crippen molar-refractivity contribution in [2.45, 2.75) is 51.0 Å². The summed E-state index contributed by atoms with van der Waals surface area (Å²) in [6.07, 6.45) is 11.4. The zero-order valence-electron chi connectivity index (χ0n) is 9.24. The molecule has 0 saturated carbocycles. The van der Waals surface area contributed by atoms with Gasteiger partial charge in [0.1, 0.15) is 0 Å². The molecule has 2 N–H and O–H groups in total. The van der Waals surface area contributed by atoms with E-state index in [-0.39, 0.29) is 0 Å². The Morgan fingerprint density at radius 1 is 1.40 bits per heavy atom. The fraction of sp³-hybridized carbons (Fsp3) is 0.750. The lowest BCUT2D eigenvalue weighted by Gasteiger charge is -2.01. The first-order chi connectivity index (χ1) is 7.29. The quantitative estimate of drug-likeness (QED) is 0.502. The number of carboxylic acid groups (broad SMARTS) is 1. The first-order valence-electron chi connectivity index (χ1n) is 5.91. The zero-order chi connectivity index (χ0) is 10.9. The first kappa shape index (κ1) is 12.2. The van der Waals surface area contributed by atoms with Crippen LogP contribution in [0.25, 0.3) is 0 Å². The summed E-state index contributed by atoms with van der Waals surface area (Å²) in [5.41, 5.74) is 0. The number of unbranched alkanes of at least 4 members (excludes halogenated alkanes) is 3. The summed E-state index contributed by atoms with van der Waals surface area (Å²) in [6.45, 7) is 1.15. The normalized spacial score (nSPS) is 21.2. The Morgan fingerprint density at radius 2 is 2.27 bits per heavy atom. The number of hydrogen-bond acceptors (Lipinski definition) is 2. The number of hydrogen-bond donors (Lipinski definition) is 2. The van der Waals surface area contributed by atoms with Crippen molar-refractivity contribution in [1.29, 1.82) is 0 Å². The highest BCUT2D eigenvalue weighted by Crippen LogP contribution is 2.08. The van der Waals surface area contributed by atoms with Gasteiger partial charge >= 0.3 is 5.97 Å². The predicted molar refractivity (Wildman–Crippen MR) is 60.9 cm³/mol. The van der Waals surface area contributed by atoms with Crippen LogP contribution in [-0.2, 0) is 4.79 Å². The van der Waals surface area contributed by atoms with Crippen molar-refractivity contribution in [3.8, 4) is 0 Å². The smallest absolute Gasteiger partial charge is 0.303 e. The maximum absolute atomic E-state index is 10.2. The Hall–Kier alpha value is -0.830. The third-order valence-electron chi connectivity index (χ3n) is 2.73. The summed E-state index contributed by atoms with van der Waals surface area (Å²) >= 11 is 0. The molecule has 15 heavy (non-hydrogen) atoms. The molecule has 0 bridgehead atoms. The molecule has 3 nitrogen and oxygen atoms in total. The average Bonchev–Trinajstić information content (AvgIpc) is 2.68. The maximum Gasteiger partial charge on any atom is 0.303 e. The van der Waals surface area contributed by atoms with Crippen LogP contribution in [0, 0.1) is 0 Å². The number of nitrogens with one attached hydrogen (secondary N) is 1. The van der Waals surface area contributed by atoms with Crippen LogP contribution in [0.5, 0.6) is 0 Å². The van der Waals surface area contributed by atoms with Gasteiger partial charge in [0.05, 0.1) is 0 Å². The first-order valence-corrected chi connectivity index (χ1v) is 5.91. The van der Waals surface area contributed by atoms with E-state index in [0.29, 0.717) is 12.5 Å². The molecule has 1 unspecified atom stereocenters. The van der Waals surface area contributed by atoms with Crippen LogP contribution < -0.4 is 5.32 Å². The molecule has 0 aromatic rings. The standard InChI is InChI=1S/C12H21NO2/c14-12(15)9-5-3-1-2-4-7-11-8-6-10-13-11/h4,7,11,13H,1-3,5-6,8-10H2,(H,14,15). The SMILES string of the molecule is O=C(O)CCCCCC=CC1CCCN1. The van der Waals surface area contributed by atoms with Crippen LogP contribution in [-0.4, -0.2) is 23.7 Å². The molecule has 3 heteroatoms. The van der Waals surface area contributed by atoms with Crippen molar-refractivity contribution in [2.24, 2.45) is 0 Å². The van der Waals surface area contributed by atoms with E-state index < -0.39 is 5.97 Å². The van der Waals surface area contributed by atoms with E-state index in [9.17, 15) is 4.79 Å². The Morgan fingerprint density at radius 3 is 2.93 bits per heavy atom. The summed E-state index contributed by atoms with van der Waals surface area (Å²) < 4.78 is 0. The largest absolute Gasteiger partial charge is 0.481 e. The van der Waals surface area contributed by atoms with Crippen molar-refractivity contribution in [2.75, 3.05) is 6.54 Å². The lowest BCUT2D eigenvalue weighted by Crippen LogP contribution is -2.17. The van der Waals surface area contributed by atoms with Crippen molar-refractivity contribution >= 4 is 5.97 Å². The summed E-state index contributed by atoms with van der Waals surface area (Å²) in [7, 11) is 0. The minimum atomic E-state index is -0.680. The fourth-order valence-electron chi connectivity index (χ4n) is 1.85. The number of carbonyl (C=O) groups is 1. The Labute approximate surface area is 91.6 Å². The molecule has 1 saturated heterocycles. The molecular weight excluding hydrogens is 190 g/mol. The van der Waals surface area contributed by atoms with E-state index in [2.05, 4.69) is 17.5 Å². The summed E-state index contributed by atoms with van der Waals surface area (Å²) in [4.78, 5) is 10.2. The molecule has 0 aromatic heterocycles. The minimum Gasteiger partial charge on any atom is -0.481 e. The molecule has 0 aromatic carbocycles. The van der Waals surface area contributed by atoms with E-state index >= 15 is 0 Å². The van der Waals surface area contributed by atoms with E-state index in [1.807, 2.05) is 0 Å². The third-order valence-corrected chi connectivity index (χ3v) is 2.73. The van der Waals surface area contributed by atoms with Gasteiger partial charge in [-0.25, -0.2) is 0 Å². The molecule has 0 spiro atoms. The third kappa shape index (κ3) is 6.28. The Kier molecular flexibility index (Phi) is 6.09. The van der Waals surface area contributed by atoms with E-state index in [0.717, 1.165) is 32.2 Å². The second kappa shape index (κ2) is 7.46. The topological polar surface area (TPSA) is 49.3 Å². The van der Waals surface area contributed by atoms with E-state index in [1.165, 1.54) is 12.8 Å². The zero-order valence-corrected chi connectivity index (χ0v) is 9.24. The van der Waals surface area contributed by atoms with Crippen molar-refractivity contribution in [3.05, 3.63) is 12.2 Å². The number of carboxylic acids is 1. The molecule has 0 amide bonds. The molecule has 1 heterocycles. The number of rotatable bonds is 7. The number of allylic oxidation sites excluding steroid dienone is 1. The van der Waals surface area contributed by atoms with Gasteiger partial charge in [0.15, 0.2) is 0 Å². The molecule has 0 radical (unpaired) electrons. The molecule has 86 valence electrons. The highest BCUT2D eigenvalue weighted by molar-refractivity contribution is 5.66. The van der Waals surface area contributed by atoms with Crippen LogP contribution in [0.15, 0.2) is 12.2 Å². The van der Waals surface area contributed by atoms with Crippen LogP contribution >= 0.6 is 0 Å². The second-order valence-electron chi connectivity index (χ2n) is 4.12. The highest BCUT2D eigenvalue weighted by atomic mass is 16.4. The average molecular weight is 211 g/mol. The molecule has 1 fully saturated rings. The van der Waals surface area contributed by atoms with Gasteiger partial charge in [-0.3, -0.25) is 4.79 Å². The molecule has 0 aliphatic carbocycles. The predicted octanol–water partition coefficient (Wildman–Crippen LogP) is 2.33. The van der Waals surface area contributed by atoms with Crippen LogP contribution in [0.3, 0.4) is 0 Å². The van der Waals surface area contributed by atoms with Gasteiger partial charge in [0.25, 0.3) is 0 Å². The maximum atomic E-state index is 10.2. The highest BCUT2D eigenvalue weighted by Gasteiger charge is 2.08. The van der Waals surface area contributed by atoms with Gasteiger partial charge in [-0.05, 0) is 38.6 Å². The van der Waals surface area contributed by atoms with Crippen LogP contribution in [0.1, 0.15) is 44.9 Å². The minimum absolute atomic E-state index is 0.313. The van der Waals surface area contributed by atoms with Gasteiger partial charge in [0.2, 0.25) is 0 Å². The van der Waals surface area contributed by atoms with Gasteiger partial charge in [0, 0.05) is 12.5 Å². The van der Waals surface area contributed by atoms with Crippen molar-refractivity contribution in [3.63, 3.8) is 0 Å². The Bertz CT molecular complexity index is 208. The van der Waals surface area contributed by atoms with Crippen molar-refractivity contribution in [1.82, 2.24) is 5.32 Å². The molecular formula is C12H21NO2. The fourth-order valence-corrected chi connectivity index (χ4v) is 1.85. The monoisotopic (exact) mass is 211 g/mol. The van der Waals surface area contributed by atoms with Crippen LogP contribution in [0.2, 0.25) is 0 Å². The molecule has 1 atom stereocenters. The van der Waals surface area contributed by atoms with Gasteiger partial charge in [-0.2, -0.15) is 0 Å². The number of aliphatic carboxylic acids is 1. The lowest BCUT2D eigenvalue weighted by molar-refractivity contribution is -0.137. The van der Waals surface area contributed by atoms with Crippen LogP contribution in [0.4, 0.5) is 0 Å². The van der Waals surface area contributed by atoms with Gasteiger partial charge < -0.3 is 10.4 Å². The summed E-state index contributed by atoms with van der Waals surface area (Å²) in [5.74, 6) is -0.680. The second-order valence-corrected chi connectivity index (χ2v) is 4.12. The summed E-state index contributed by atoms with van der Waals surface area (Å²) in [5, 5.41) is 11.8. The van der Waals surface area contributed by atoms with E-state index in [4.69, 9.17) is 5.11 Å². The lowest BCUT2D eigenvalue weighted by atomic mass is 10.1. The molecule has 1 aliphatic heterocycles. The molecule has 1 aliphatic rings. The summed E-state index contributed by atoms with van der Waals surface area (Å²) in [6, 6.07) is 0.587. The van der Waals surface area contributed by atoms with E-state index in [1.54, 1.807) is 0 Å². The molecule has 1 rings (SSSR count). The van der Waals surface area contributed by atoms with Gasteiger partial charge in [-0.15, -0.1) is 0 Å². The van der Waals surface area contributed by atoms with Gasteiger partial charge in [-0.1, -0.05) is 18.6 Å².